The molecule has 0 aliphatic carbocycles. The summed E-state index contributed by atoms with van der Waals surface area (Å²) in [6, 6.07) is 10.2. The molecule has 2 heterocycles. The van der Waals surface area contributed by atoms with E-state index in [9.17, 15) is 0 Å². The first-order valence-corrected chi connectivity index (χ1v) is 7.89. The highest BCUT2D eigenvalue weighted by Gasteiger charge is 2.11. The molecule has 0 radical (unpaired) electrons. The lowest BCUT2D eigenvalue weighted by molar-refractivity contribution is 0.643. The highest BCUT2D eigenvalue weighted by molar-refractivity contribution is 7.98. The van der Waals surface area contributed by atoms with E-state index in [4.69, 9.17) is 5.73 Å². The molecule has 108 valence electrons. The standard InChI is InChI=1S/C15H17N5S/c1-2-20-14(9-16)18-19-15(20)21-10-11-7-8-17-13-6-4-3-5-12(11)13/h3-8H,2,9-10,16H2,1H3. The normalized spacial score (nSPS) is 11.1. The van der Waals surface area contributed by atoms with Gasteiger partial charge >= 0.3 is 0 Å². The van der Waals surface area contributed by atoms with E-state index in [0.717, 1.165) is 28.8 Å². The first kappa shape index (κ1) is 14.0. The number of benzene rings is 1. The van der Waals surface area contributed by atoms with Gasteiger partial charge in [-0.3, -0.25) is 4.98 Å². The van der Waals surface area contributed by atoms with Crippen LogP contribution in [0.15, 0.2) is 41.7 Å². The van der Waals surface area contributed by atoms with Crippen LogP contribution in [-0.2, 0) is 18.8 Å². The van der Waals surface area contributed by atoms with Gasteiger partial charge in [0, 0.05) is 23.9 Å². The predicted octanol–water partition coefficient (Wildman–Crippen LogP) is 2.60. The Morgan fingerprint density at radius 1 is 1.19 bits per heavy atom. The Morgan fingerprint density at radius 3 is 2.86 bits per heavy atom. The summed E-state index contributed by atoms with van der Waals surface area (Å²) in [5.41, 5.74) is 7.96. The fourth-order valence-electron chi connectivity index (χ4n) is 2.32. The number of aromatic nitrogens is 4. The van der Waals surface area contributed by atoms with E-state index in [1.165, 1.54) is 10.9 Å². The zero-order chi connectivity index (χ0) is 14.7. The molecule has 6 heteroatoms. The summed E-state index contributed by atoms with van der Waals surface area (Å²) in [5.74, 6) is 1.67. The highest BCUT2D eigenvalue weighted by Crippen LogP contribution is 2.25. The molecule has 2 N–H and O–H groups in total. The van der Waals surface area contributed by atoms with Crippen molar-refractivity contribution in [2.24, 2.45) is 5.73 Å². The van der Waals surface area contributed by atoms with Crippen LogP contribution in [0.1, 0.15) is 18.3 Å². The van der Waals surface area contributed by atoms with Crippen molar-refractivity contribution in [3.63, 3.8) is 0 Å². The maximum absolute atomic E-state index is 5.68. The van der Waals surface area contributed by atoms with Gasteiger partial charge in [-0.25, -0.2) is 0 Å². The summed E-state index contributed by atoms with van der Waals surface area (Å²) in [4.78, 5) is 4.39. The minimum Gasteiger partial charge on any atom is -0.324 e. The number of thioether (sulfide) groups is 1. The molecular formula is C15H17N5S. The number of rotatable bonds is 5. The van der Waals surface area contributed by atoms with Crippen molar-refractivity contribution in [3.05, 3.63) is 47.9 Å². The van der Waals surface area contributed by atoms with E-state index in [0.29, 0.717) is 6.54 Å². The van der Waals surface area contributed by atoms with Gasteiger partial charge in [0.25, 0.3) is 0 Å². The third-order valence-corrected chi connectivity index (χ3v) is 4.40. The Bertz CT molecular complexity index is 747. The Kier molecular flexibility index (Phi) is 4.17. The van der Waals surface area contributed by atoms with Crippen molar-refractivity contribution in [1.29, 1.82) is 0 Å². The number of hydrogen-bond acceptors (Lipinski definition) is 5. The SMILES string of the molecule is CCn1c(CN)nnc1SCc1ccnc2ccccc12. The van der Waals surface area contributed by atoms with Gasteiger partial charge in [-0.2, -0.15) is 0 Å². The number of hydrogen-bond donors (Lipinski definition) is 1. The lowest BCUT2D eigenvalue weighted by atomic mass is 10.1. The monoisotopic (exact) mass is 299 g/mol. The van der Waals surface area contributed by atoms with Crippen LogP contribution < -0.4 is 5.73 Å². The van der Waals surface area contributed by atoms with Gasteiger partial charge in [-0.05, 0) is 24.6 Å². The topological polar surface area (TPSA) is 69.6 Å². The number of fused-ring (bicyclic) bond motifs is 1. The van der Waals surface area contributed by atoms with Gasteiger partial charge < -0.3 is 10.3 Å². The van der Waals surface area contributed by atoms with Crippen LogP contribution in [0.3, 0.4) is 0 Å². The summed E-state index contributed by atoms with van der Waals surface area (Å²) in [6.45, 7) is 3.33. The molecule has 1 aromatic carbocycles. The molecule has 0 spiro atoms. The molecule has 0 aliphatic rings. The lowest BCUT2D eigenvalue weighted by Gasteiger charge is -2.07. The molecule has 2 aromatic heterocycles. The maximum atomic E-state index is 5.68. The predicted molar refractivity (Wildman–Crippen MR) is 84.9 cm³/mol. The van der Waals surface area contributed by atoms with Crippen molar-refractivity contribution >= 4 is 22.7 Å². The van der Waals surface area contributed by atoms with Crippen molar-refractivity contribution < 1.29 is 0 Å². The third-order valence-electron chi connectivity index (χ3n) is 3.39. The highest BCUT2D eigenvalue weighted by atomic mass is 32.2. The molecule has 3 rings (SSSR count). The summed E-state index contributed by atoms with van der Waals surface area (Å²) in [5, 5.41) is 10.5. The first-order valence-electron chi connectivity index (χ1n) is 6.91. The van der Waals surface area contributed by atoms with E-state index in [1.807, 2.05) is 24.4 Å². The minimum atomic E-state index is 0.416. The maximum Gasteiger partial charge on any atom is 0.191 e. The quantitative estimate of drug-likeness (QED) is 0.733. The van der Waals surface area contributed by atoms with E-state index in [1.54, 1.807) is 11.8 Å². The number of nitrogens with two attached hydrogens (primary N) is 1. The van der Waals surface area contributed by atoms with Crippen molar-refractivity contribution in [2.75, 3.05) is 0 Å². The Morgan fingerprint density at radius 2 is 2.05 bits per heavy atom. The van der Waals surface area contributed by atoms with E-state index < -0.39 is 0 Å². The van der Waals surface area contributed by atoms with Crippen LogP contribution >= 0.6 is 11.8 Å². The average Bonchev–Trinajstić information content (AvgIpc) is 2.94. The van der Waals surface area contributed by atoms with Gasteiger partial charge in [0.2, 0.25) is 0 Å². The molecule has 21 heavy (non-hydrogen) atoms. The Balaban J connectivity index is 1.85. The Labute approximate surface area is 127 Å². The molecule has 0 fully saturated rings. The third kappa shape index (κ3) is 2.77. The number of para-hydroxylation sites is 1. The molecule has 0 saturated carbocycles. The molecule has 0 bridgehead atoms. The average molecular weight is 299 g/mol. The molecular weight excluding hydrogens is 282 g/mol. The fourth-order valence-corrected chi connectivity index (χ4v) is 3.34. The van der Waals surface area contributed by atoms with Crippen LogP contribution in [0.2, 0.25) is 0 Å². The van der Waals surface area contributed by atoms with Crippen LogP contribution in [0.5, 0.6) is 0 Å². The van der Waals surface area contributed by atoms with E-state index >= 15 is 0 Å². The first-order chi connectivity index (χ1) is 10.3. The van der Waals surface area contributed by atoms with Gasteiger partial charge in [0.1, 0.15) is 5.82 Å². The Hall–Kier alpha value is -1.92. The molecule has 0 saturated heterocycles. The smallest absolute Gasteiger partial charge is 0.191 e. The largest absolute Gasteiger partial charge is 0.324 e. The zero-order valence-corrected chi connectivity index (χ0v) is 12.7. The molecule has 3 aromatic rings. The van der Waals surface area contributed by atoms with Crippen molar-refractivity contribution in [3.8, 4) is 0 Å². The number of nitrogens with zero attached hydrogens (tertiary/aromatic N) is 4. The summed E-state index contributed by atoms with van der Waals surface area (Å²) < 4.78 is 2.06. The second-order valence-corrected chi connectivity index (χ2v) is 5.57. The molecule has 0 atom stereocenters. The molecule has 0 amide bonds. The van der Waals surface area contributed by atoms with Crippen molar-refractivity contribution in [2.45, 2.75) is 30.9 Å². The van der Waals surface area contributed by atoms with Crippen LogP contribution in [0.25, 0.3) is 10.9 Å². The molecule has 0 aliphatic heterocycles. The van der Waals surface area contributed by atoms with Crippen LogP contribution in [-0.4, -0.2) is 19.7 Å². The summed E-state index contributed by atoms with van der Waals surface area (Å²) in [6.07, 6.45) is 1.86. The van der Waals surface area contributed by atoms with Gasteiger partial charge in [0.15, 0.2) is 5.16 Å². The second kappa shape index (κ2) is 6.24. The van der Waals surface area contributed by atoms with E-state index in [-0.39, 0.29) is 0 Å². The molecule has 5 nitrogen and oxygen atoms in total. The van der Waals surface area contributed by atoms with Crippen LogP contribution in [0.4, 0.5) is 0 Å². The van der Waals surface area contributed by atoms with Gasteiger partial charge in [0.05, 0.1) is 12.1 Å². The minimum absolute atomic E-state index is 0.416. The fraction of sp³-hybridized carbons (Fsp3) is 0.267. The zero-order valence-electron chi connectivity index (χ0n) is 11.9. The second-order valence-electron chi connectivity index (χ2n) is 4.62. The van der Waals surface area contributed by atoms with Crippen LogP contribution in [0, 0.1) is 0 Å². The van der Waals surface area contributed by atoms with Gasteiger partial charge in [-0.1, -0.05) is 30.0 Å². The van der Waals surface area contributed by atoms with E-state index in [2.05, 4.69) is 38.8 Å². The number of pyridine rings is 1. The lowest BCUT2D eigenvalue weighted by Crippen LogP contribution is -2.08. The van der Waals surface area contributed by atoms with Gasteiger partial charge in [-0.15, -0.1) is 10.2 Å². The molecule has 0 unspecified atom stereocenters. The summed E-state index contributed by atoms with van der Waals surface area (Å²) in [7, 11) is 0. The summed E-state index contributed by atoms with van der Waals surface area (Å²) >= 11 is 1.68. The van der Waals surface area contributed by atoms with Crippen molar-refractivity contribution in [1.82, 2.24) is 19.7 Å².